The molecule has 1 aromatic carbocycles. The summed E-state index contributed by atoms with van der Waals surface area (Å²) < 4.78 is 5.20. The molecule has 18 heavy (non-hydrogen) atoms. The van der Waals surface area contributed by atoms with Gasteiger partial charge in [0.15, 0.2) is 0 Å². The second-order valence-corrected chi connectivity index (χ2v) is 4.64. The van der Waals surface area contributed by atoms with Crippen LogP contribution in [-0.4, -0.2) is 12.1 Å². The number of amides is 1. The predicted molar refractivity (Wildman–Crippen MR) is 71.1 cm³/mol. The van der Waals surface area contributed by atoms with Gasteiger partial charge in [0, 0.05) is 6.04 Å². The molecule has 1 aliphatic rings. The van der Waals surface area contributed by atoms with E-state index in [4.69, 9.17) is 4.74 Å². The quantitative estimate of drug-likeness (QED) is 0.827. The largest absolute Gasteiger partial charge is 0.445 e. The molecule has 0 radical (unpaired) electrons. The average Bonchev–Trinajstić information content (AvgIpc) is 2.85. The first-order valence-corrected chi connectivity index (χ1v) is 6.39. The van der Waals surface area contributed by atoms with Crippen LogP contribution in [0.4, 0.5) is 4.79 Å². The topological polar surface area (TPSA) is 38.3 Å². The van der Waals surface area contributed by atoms with E-state index in [1.165, 1.54) is 0 Å². The van der Waals surface area contributed by atoms with Crippen molar-refractivity contribution in [3.63, 3.8) is 0 Å². The molecule has 1 amide bonds. The van der Waals surface area contributed by atoms with Crippen molar-refractivity contribution in [2.45, 2.75) is 31.9 Å². The van der Waals surface area contributed by atoms with E-state index in [1.54, 1.807) is 0 Å². The summed E-state index contributed by atoms with van der Waals surface area (Å²) in [5.74, 6) is 0.384. The van der Waals surface area contributed by atoms with Gasteiger partial charge in [-0.2, -0.15) is 0 Å². The Balaban J connectivity index is 1.77. The zero-order valence-corrected chi connectivity index (χ0v) is 10.5. The third-order valence-electron chi connectivity index (χ3n) is 3.39. The Kier molecular flexibility index (Phi) is 4.40. The predicted octanol–water partition coefficient (Wildman–Crippen LogP) is 3.27. The van der Waals surface area contributed by atoms with Crippen molar-refractivity contribution in [1.29, 1.82) is 0 Å². The van der Waals surface area contributed by atoms with Crippen LogP contribution >= 0.6 is 0 Å². The molecule has 0 bridgehead atoms. The van der Waals surface area contributed by atoms with Gasteiger partial charge < -0.3 is 10.1 Å². The molecule has 1 N–H and O–H groups in total. The number of carbonyl (C=O) groups is 1. The fourth-order valence-electron chi connectivity index (χ4n) is 2.37. The van der Waals surface area contributed by atoms with Gasteiger partial charge in [0.05, 0.1) is 0 Å². The summed E-state index contributed by atoms with van der Waals surface area (Å²) in [6.07, 6.45) is 4.84. The van der Waals surface area contributed by atoms with E-state index in [1.807, 2.05) is 36.4 Å². The Morgan fingerprint density at radius 2 is 2.17 bits per heavy atom. The Morgan fingerprint density at radius 3 is 2.89 bits per heavy atom. The molecule has 2 rings (SSSR count). The summed E-state index contributed by atoms with van der Waals surface area (Å²) >= 11 is 0. The highest BCUT2D eigenvalue weighted by molar-refractivity contribution is 5.67. The maximum atomic E-state index is 11.7. The van der Waals surface area contributed by atoms with Gasteiger partial charge >= 0.3 is 6.09 Å². The van der Waals surface area contributed by atoms with Gasteiger partial charge in [-0.25, -0.2) is 4.79 Å². The highest BCUT2D eigenvalue weighted by Crippen LogP contribution is 2.26. The number of hydrogen-bond donors (Lipinski definition) is 1. The lowest BCUT2D eigenvalue weighted by Gasteiger charge is -2.17. The average molecular weight is 245 g/mol. The molecule has 0 aromatic heterocycles. The third-order valence-corrected chi connectivity index (χ3v) is 3.39. The number of benzene rings is 1. The Bertz CT molecular complexity index is 402. The molecule has 0 heterocycles. The van der Waals surface area contributed by atoms with Crippen LogP contribution in [0.15, 0.2) is 43.0 Å². The van der Waals surface area contributed by atoms with Crippen LogP contribution in [0.2, 0.25) is 0 Å². The van der Waals surface area contributed by atoms with E-state index in [9.17, 15) is 4.79 Å². The van der Waals surface area contributed by atoms with Gasteiger partial charge in [0.1, 0.15) is 6.61 Å². The maximum absolute atomic E-state index is 11.7. The Labute approximate surface area is 108 Å². The van der Waals surface area contributed by atoms with Crippen molar-refractivity contribution in [1.82, 2.24) is 5.32 Å². The number of alkyl carbamates (subject to hydrolysis) is 1. The van der Waals surface area contributed by atoms with E-state index in [2.05, 4.69) is 11.9 Å². The van der Waals surface area contributed by atoms with Crippen molar-refractivity contribution < 1.29 is 9.53 Å². The van der Waals surface area contributed by atoms with E-state index in [0.29, 0.717) is 12.5 Å². The summed E-state index contributed by atoms with van der Waals surface area (Å²) in [4.78, 5) is 11.7. The SMILES string of the molecule is C=C[C@@H]1CCC[C@@H]1NC(=O)OCc1ccccc1. The zero-order valence-electron chi connectivity index (χ0n) is 10.5. The summed E-state index contributed by atoms with van der Waals surface area (Å²) in [6, 6.07) is 9.87. The van der Waals surface area contributed by atoms with Crippen molar-refractivity contribution in [2.24, 2.45) is 5.92 Å². The minimum Gasteiger partial charge on any atom is -0.445 e. The first kappa shape index (κ1) is 12.7. The second kappa shape index (κ2) is 6.24. The van der Waals surface area contributed by atoms with Crippen LogP contribution in [0.5, 0.6) is 0 Å². The molecule has 1 saturated carbocycles. The fourth-order valence-corrected chi connectivity index (χ4v) is 2.37. The lowest BCUT2D eigenvalue weighted by molar-refractivity contribution is 0.134. The van der Waals surface area contributed by atoms with Gasteiger partial charge in [0.25, 0.3) is 0 Å². The smallest absolute Gasteiger partial charge is 0.407 e. The first-order chi connectivity index (χ1) is 8.79. The molecule has 0 unspecified atom stereocenters. The number of carbonyl (C=O) groups excluding carboxylic acids is 1. The lowest BCUT2D eigenvalue weighted by atomic mass is 10.0. The van der Waals surface area contributed by atoms with Gasteiger partial charge in [-0.1, -0.05) is 42.8 Å². The van der Waals surface area contributed by atoms with Crippen LogP contribution in [0.1, 0.15) is 24.8 Å². The molecular formula is C15H19NO2. The molecule has 0 spiro atoms. The second-order valence-electron chi connectivity index (χ2n) is 4.64. The van der Waals surface area contributed by atoms with Crippen LogP contribution in [0, 0.1) is 5.92 Å². The third kappa shape index (κ3) is 3.36. The summed E-state index contributed by atoms with van der Waals surface area (Å²) in [6.45, 7) is 4.12. The Morgan fingerprint density at radius 1 is 1.39 bits per heavy atom. The molecule has 0 aliphatic heterocycles. The highest BCUT2D eigenvalue weighted by atomic mass is 16.5. The summed E-state index contributed by atoms with van der Waals surface area (Å²) in [5, 5.41) is 2.92. The minimum atomic E-state index is -0.336. The van der Waals surface area contributed by atoms with Crippen LogP contribution in [-0.2, 0) is 11.3 Å². The summed E-state index contributed by atoms with van der Waals surface area (Å²) in [7, 11) is 0. The van der Waals surface area contributed by atoms with Gasteiger partial charge in [0.2, 0.25) is 0 Å². The standard InChI is InChI=1S/C15H19NO2/c1-2-13-9-6-10-14(13)16-15(17)18-11-12-7-4-3-5-8-12/h2-5,7-8,13-14H,1,6,9-11H2,(H,16,17)/t13-,14+/m1/s1. The van der Waals surface area contributed by atoms with E-state index < -0.39 is 0 Å². The minimum absolute atomic E-state index is 0.186. The number of ether oxygens (including phenoxy) is 1. The fraction of sp³-hybridized carbons (Fsp3) is 0.400. The maximum Gasteiger partial charge on any atom is 0.407 e. The molecule has 3 nitrogen and oxygen atoms in total. The lowest BCUT2D eigenvalue weighted by Crippen LogP contribution is -2.37. The highest BCUT2D eigenvalue weighted by Gasteiger charge is 2.26. The normalized spacial score (nSPS) is 22.4. The van der Waals surface area contributed by atoms with E-state index >= 15 is 0 Å². The van der Waals surface area contributed by atoms with Crippen molar-refractivity contribution in [3.05, 3.63) is 48.6 Å². The molecular weight excluding hydrogens is 226 g/mol. The van der Waals surface area contributed by atoms with E-state index in [0.717, 1.165) is 24.8 Å². The Hall–Kier alpha value is -1.77. The van der Waals surface area contributed by atoms with Crippen molar-refractivity contribution >= 4 is 6.09 Å². The molecule has 96 valence electrons. The van der Waals surface area contributed by atoms with Crippen molar-refractivity contribution in [2.75, 3.05) is 0 Å². The van der Waals surface area contributed by atoms with Crippen LogP contribution in [0.25, 0.3) is 0 Å². The van der Waals surface area contributed by atoms with Gasteiger partial charge in [-0.3, -0.25) is 0 Å². The van der Waals surface area contributed by atoms with E-state index in [-0.39, 0.29) is 12.1 Å². The number of nitrogens with one attached hydrogen (secondary N) is 1. The van der Waals surface area contributed by atoms with Crippen LogP contribution < -0.4 is 5.32 Å². The molecule has 0 saturated heterocycles. The molecule has 1 aromatic rings. The molecule has 3 heteroatoms. The van der Waals surface area contributed by atoms with Crippen molar-refractivity contribution in [3.8, 4) is 0 Å². The molecule has 1 fully saturated rings. The van der Waals surface area contributed by atoms with Gasteiger partial charge in [-0.15, -0.1) is 6.58 Å². The first-order valence-electron chi connectivity index (χ1n) is 6.39. The number of rotatable bonds is 4. The summed E-state index contributed by atoms with van der Waals surface area (Å²) in [5.41, 5.74) is 0.999. The molecule has 2 atom stereocenters. The zero-order chi connectivity index (χ0) is 12.8. The van der Waals surface area contributed by atoms with Gasteiger partial charge in [-0.05, 0) is 24.3 Å². The monoisotopic (exact) mass is 245 g/mol. The van der Waals surface area contributed by atoms with Crippen LogP contribution in [0.3, 0.4) is 0 Å². The molecule has 1 aliphatic carbocycles. The number of hydrogen-bond acceptors (Lipinski definition) is 2.